The van der Waals surface area contributed by atoms with Crippen LogP contribution in [0.2, 0.25) is 0 Å². The van der Waals surface area contributed by atoms with Gasteiger partial charge in [0, 0.05) is 18.4 Å². The maximum atomic E-state index is 12.2. The summed E-state index contributed by atoms with van der Waals surface area (Å²) < 4.78 is 0.240. The van der Waals surface area contributed by atoms with Gasteiger partial charge in [-0.2, -0.15) is 0 Å². The fourth-order valence-corrected chi connectivity index (χ4v) is 3.20. The summed E-state index contributed by atoms with van der Waals surface area (Å²) in [5.41, 5.74) is 1.03. The Hall–Kier alpha value is -1.06. The fourth-order valence-electron chi connectivity index (χ4n) is 2.92. The van der Waals surface area contributed by atoms with Gasteiger partial charge < -0.3 is 5.32 Å². The van der Waals surface area contributed by atoms with Crippen molar-refractivity contribution in [2.45, 2.75) is 33.1 Å². The van der Waals surface area contributed by atoms with Crippen LogP contribution >= 0.6 is 23.2 Å². The van der Waals surface area contributed by atoms with Crippen LogP contribution in [-0.4, -0.2) is 17.4 Å². The second-order valence-electron chi connectivity index (χ2n) is 6.35. The van der Waals surface area contributed by atoms with Crippen molar-refractivity contribution in [1.82, 2.24) is 10.3 Å². The number of hydrogen-bond donors (Lipinski definition) is 1. The molecule has 1 aromatic heterocycles. The van der Waals surface area contributed by atoms with E-state index in [-0.39, 0.29) is 27.6 Å². The van der Waals surface area contributed by atoms with Gasteiger partial charge in [0.15, 0.2) is 0 Å². The number of hydrogen-bond acceptors (Lipinski definition) is 2. The zero-order valence-electron chi connectivity index (χ0n) is 13.0. The number of carbonyl (C=O) groups is 1. The highest BCUT2D eigenvalue weighted by Gasteiger charge is 2.60. The van der Waals surface area contributed by atoms with Gasteiger partial charge in [-0.05, 0) is 48.8 Å². The number of amides is 1. The molecule has 0 aromatic carbocycles. The molecule has 2 rings (SSSR count). The van der Waals surface area contributed by atoms with Crippen LogP contribution < -0.4 is 5.32 Å². The van der Waals surface area contributed by atoms with Crippen LogP contribution in [0.25, 0.3) is 0 Å². The molecular weight excluding hydrogens is 319 g/mol. The molecule has 1 amide bonds. The third-order valence-electron chi connectivity index (χ3n) is 4.38. The number of pyridine rings is 1. The third-order valence-corrected chi connectivity index (χ3v) is 4.64. The average Bonchev–Trinajstić information content (AvgIpc) is 2.99. The summed E-state index contributed by atoms with van der Waals surface area (Å²) in [6, 6.07) is 5.94. The highest BCUT2D eigenvalue weighted by atomic mass is 35.5. The van der Waals surface area contributed by atoms with Crippen LogP contribution in [0.1, 0.15) is 32.4 Å². The molecule has 2 atom stereocenters. The van der Waals surface area contributed by atoms with Gasteiger partial charge in [0.2, 0.25) is 5.91 Å². The molecule has 0 aliphatic heterocycles. The van der Waals surface area contributed by atoms with Crippen LogP contribution in [0, 0.1) is 17.3 Å². The number of halogens is 2. The number of carbonyl (C=O) groups excluding carboxylic acids is 1. The first-order valence-corrected chi connectivity index (χ1v) is 8.39. The van der Waals surface area contributed by atoms with Gasteiger partial charge in [-0.25, -0.2) is 0 Å². The summed E-state index contributed by atoms with van der Waals surface area (Å²) >= 11 is 11.4. The van der Waals surface area contributed by atoms with E-state index in [0.717, 1.165) is 25.0 Å². The smallest absolute Gasteiger partial charge is 0.224 e. The zero-order valence-corrected chi connectivity index (χ0v) is 14.5. The Bertz CT molecular complexity index is 539. The van der Waals surface area contributed by atoms with E-state index >= 15 is 0 Å². The van der Waals surface area contributed by atoms with Gasteiger partial charge in [-0.3, -0.25) is 9.78 Å². The molecule has 1 aliphatic rings. The summed E-state index contributed by atoms with van der Waals surface area (Å²) in [6.45, 7) is 4.83. The molecule has 1 aromatic rings. The molecule has 22 heavy (non-hydrogen) atoms. The molecule has 3 nitrogen and oxygen atoms in total. The Morgan fingerprint density at radius 2 is 2.14 bits per heavy atom. The van der Waals surface area contributed by atoms with Crippen molar-refractivity contribution in [2.75, 3.05) is 6.54 Å². The van der Waals surface area contributed by atoms with Crippen molar-refractivity contribution in [3.05, 3.63) is 40.7 Å². The van der Waals surface area contributed by atoms with Crippen molar-refractivity contribution in [3.63, 3.8) is 0 Å². The maximum Gasteiger partial charge on any atom is 0.224 e. The van der Waals surface area contributed by atoms with Crippen LogP contribution in [0.3, 0.4) is 0 Å². The van der Waals surface area contributed by atoms with Crippen molar-refractivity contribution >= 4 is 29.1 Å². The van der Waals surface area contributed by atoms with E-state index in [1.165, 1.54) is 0 Å². The molecule has 1 aliphatic carbocycles. The van der Waals surface area contributed by atoms with Crippen molar-refractivity contribution in [3.8, 4) is 0 Å². The average molecular weight is 341 g/mol. The van der Waals surface area contributed by atoms with Crippen molar-refractivity contribution < 1.29 is 4.79 Å². The molecule has 0 bridgehead atoms. The summed E-state index contributed by atoms with van der Waals surface area (Å²) in [7, 11) is 0. The molecule has 120 valence electrons. The second-order valence-corrected chi connectivity index (χ2v) is 7.36. The third kappa shape index (κ3) is 4.47. The quantitative estimate of drug-likeness (QED) is 0.759. The molecule has 0 saturated heterocycles. The molecule has 1 heterocycles. The molecular formula is C17H22Cl2N2O. The second kappa shape index (κ2) is 7.47. The minimum absolute atomic E-state index is 0.0317. The Labute approximate surface area is 142 Å². The lowest BCUT2D eigenvalue weighted by Crippen LogP contribution is -2.27. The molecule has 0 spiro atoms. The van der Waals surface area contributed by atoms with Crippen LogP contribution in [-0.2, 0) is 11.2 Å². The Morgan fingerprint density at radius 3 is 2.77 bits per heavy atom. The molecule has 0 radical (unpaired) electrons. The topological polar surface area (TPSA) is 42.0 Å². The van der Waals surface area contributed by atoms with E-state index in [0.29, 0.717) is 6.54 Å². The van der Waals surface area contributed by atoms with Crippen molar-refractivity contribution in [2.24, 2.45) is 17.3 Å². The van der Waals surface area contributed by atoms with E-state index in [1.807, 2.05) is 24.4 Å². The lowest BCUT2D eigenvalue weighted by molar-refractivity contribution is -0.123. The number of nitrogens with one attached hydrogen (secondary N) is 1. The van der Waals surface area contributed by atoms with Gasteiger partial charge in [0.1, 0.15) is 4.49 Å². The zero-order chi connectivity index (χ0) is 16.2. The van der Waals surface area contributed by atoms with Gasteiger partial charge >= 0.3 is 0 Å². The summed E-state index contributed by atoms with van der Waals surface area (Å²) in [5.74, 6) is 0.195. The van der Waals surface area contributed by atoms with E-state index in [1.54, 1.807) is 6.08 Å². The summed E-state index contributed by atoms with van der Waals surface area (Å²) in [5, 5.41) is 3.01. The van der Waals surface area contributed by atoms with Crippen LogP contribution in [0.5, 0.6) is 0 Å². The monoisotopic (exact) mass is 340 g/mol. The first kappa shape index (κ1) is 17.3. The SMILES string of the molecule is CC1(C)C(C=C(Cl)Cl)C1C(=O)NCCCCc1ccccn1. The van der Waals surface area contributed by atoms with Gasteiger partial charge in [0.25, 0.3) is 0 Å². The number of nitrogens with zero attached hydrogens (tertiary/aromatic N) is 1. The predicted octanol–water partition coefficient (Wildman–Crippen LogP) is 4.11. The van der Waals surface area contributed by atoms with Gasteiger partial charge in [0.05, 0.1) is 5.92 Å². The first-order valence-electron chi connectivity index (χ1n) is 7.63. The predicted molar refractivity (Wildman–Crippen MR) is 90.7 cm³/mol. The standard InChI is InChI=1S/C17H22Cl2N2O/c1-17(2)13(11-14(18)19)15(17)16(22)21-10-6-4-8-12-7-3-5-9-20-12/h3,5,7,9,11,13,15H,4,6,8,10H2,1-2H3,(H,21,22). The Balaban J connectivity index is 1.67. The van der Waals surface area contributed by atoms with Crippen LogP contribution in [0.15, 0.2) is 35.0 Å². The van der Waals surface area contributed by atoms with Gasteiger partial charge in [-0.1, -0.05) is 43.1 Å². The minimum atomic E-state index is -0.0624. The highest BCUT2D eigenvalue weighted by Crippen LogP contribution is 2.59. The van der Waals surface area contributed by atoms with E-state index in [4.69, 9.17) is 23.2 Å². The number of allylic oxidation sites excluding steroid dienone is 1. The lowest BCUT2D eigenvalue weighted by Gasteiger charge is -2.06. The number of aryl methyl sites for hydroxylation is 1. The van der Waals surface area contributed by atoms with Crippen molar-refractivity contribution in [1.29, 1.82) is 0 Å². The fraction of sp³-hybridized carbons (Fsp3) is 0.529. The summed E-state index contributed by atoms with van der Waals surface area (Å²) in [6.07, 6.45) is 6.49. The van der Waals surface area contributed by atoms with Gasteiger partial charge in [-0.15, -0.1) is 0 Å². The number of unbranched alkanes of at least 4 members (excludes halogenated alkanes) is 1. The number of aromatic nitrogens is 1. The normalized spacial score (nSPS) is 22.0. The Kier molecular flexibility index (Phi) is 5.87. The number of rotatable bonds is 7. The molecule has 1 saturated carbocycles. The highest BCUT2D eigenvalue weighted by molar-refractivity contribution is 6.55. The molecule has 1 fully saturated rings. The molecule has 1 N–H and O–H groups in total. The molecule has 5 heteroatoms. The minimum Gasteiger partial charge on any atom is -0.356 e. The van der Waals surface area contributed by atoms with Crippen LogP contribution in [0.4, 0.5) is 0 Å². The van der Waals surface area contributed by atoms with E-state index in [2.05, 4.69) is 24.1 Å². The van der Waals surface area contributed by atoms with E-state index in [9.17, 15) is 4.79 Å². The largest absolute Gasteiger partial charge is 0.356 e. The Morgan fingerprint density at radius 1 is 1.36 bits per heavy atom. The summed E-state index contributed by atoms with van der Waals surface area (Å²) in [4.78, 5) is 16.5. The lowest BCUT2D eigenvalue weighted by atomic mass is 10.1. The molecule has 2 unspecified atom stereocenters. The first-order chi connectivity index (χ1) is 10.4. The maximum absolute atomic E-state index is 12.2. The van der Waals surface area contributed by atoms with E-state index < -0.39 is 0 Å².